The van der Waals surface area contributed by atoms with Crippen molar-refractivity contribution < 1.29 is 17.9 Å². The molecule has 1 N–H and O–H groups in total. The van der Waals surface area contributed by atoms with Crippen LogP contribution in [0.2, 0.25) is 0 Å². The van der Waals surface area contributed by atoms with Gasteiger partial charge in [0.2, 0.25) is 0 Å². The highest BCUT2D eigenvalue weighted by Gasteiger charge is 2.45. The van der Waals surface area contributed by atoms with Gasteiger partial charge < -0.3 is 10.1 Å². The maximum Gasteiger partial charge on any atom is 0.407 e. The molecule has 1 atom stereocenters. The van der Waals surface area contributed by atoms with Crippen molar-refractivity contribution in [1.82, 2.24) is 5.32 Å². The van der Waals surface area contributed by atoms with Crippen molar-refractivity contribution in [2.45, 2.75) is 18.4 Å². The molecule has 1 unspecified atom stereocenters. The molecule has 0 aromatic carbocycles. The third-order valence-corrected chi connectivity index (χ3v) is 4.39. The zero-order valence-electron chi connectivity index (χ0n) is 7.08. The van der Waals surface area contributed by atoms with Crippen LogP contribution in [0.15, 0.2) is 0 Å². The summed E-state index contributed by atoms with van der Waals surface area (Å²) in [7, 11) is -2.95. The van der Waals surface area contributed by atoms with Crippen LogP contribution in [-0.4, -0.2) is 38.2 Å². The van der Waals surface area contributed by atoms with Gasteiger partial charge in [0, 0.05) is 6.42 Å². The zero-order valence-corrected chi connectivity index (χ0v) is 7.89. The zero-order chi connectivity index (χ0) is 9.53. The molecule has 0 radical (unpaired) electrons. The molecule has 2 rings (SSSR count). The molecule has 5 nitrogen and oxygen atoms in total. The molecule has 2 heterocycles. The van der Waals surface area contributed by atoms with Crippen LogP contribution in [0.3, 0.4) is 0 Å². The van der Waals surface area contributed by atoms with Crippen molar-refractivity contribution in [3.05, 3.63) is 0 Å². The smallest absolute Gasteiger partial charge is 0.407 e. The van der Waals surface area contributed by atoms with Crippen LogP contribution in [0.1, 0.15) is 12.8 Å². The molecule has 2 fully saturated rings. The van der Waals surface area contributed by atoms with Crippen LogP contribution >= 0.6 is 0 Å². The first-order chi connectivity index (χ1) is 6.02. The Labute approximate surface area is 76.4 Å². The Morgan fingerprint density at radius 2 is 2.15 bits per heavy atom. The van der Waals surface area contributed by atoms with Crippen LogP contribution in [0.25, 0.3) is 0 Å². The van der Waals surface area contributed by atoms with Crippen molar-refractivity contribution in [3.8, 4) is 0 Å². The van der Waals surface area contributed by atoms with Crippen molar-refractivity contribution in [1.29, 1.82) is 0 Å². The fraction of sp³-hybridized carbons (Fsp3) is 0.857. The summed E-state index contributed by atoms with van der Waals surface area (Å²) in [5.74, 6) is 0.238. The molecule has 74 valence electrons. The minimum atomic E-state index is -2.95. The monoisotopic (exact) mass is 205 g/mol. The lowest BCUT2D eigenvalue weighted by atomic mass is 9.94. The molecule has 2 saturated heterocycles. The Morgan fingerprint density at radius 1 is 1.38 bits per heavy atom. The average molecular weight is 205 g/mol. The van der Waals surface area contributed by atoms with E-state index in [2.05, 4.69) is 10.1 Å². The quantitative estimate of drug-likeness (QED) is 0.588. The second-order valence-corrected chi connectivity index (χ2v) is 5.82. The molecular weight excluding hydrogens is 194 g/mol. The minimum absolute atomic E-state index is 0.0646. The summed E-state index contributed by atoms with van der Waals surface area (Å²) in [6.07, 6.45) is 0.617. The molecule has 1 spiro atoms. The topological polar surface area (TPSA) is 72.5 Å². The lowest BCUT2D eigenvalue weighted by molar-refractivity contribution is 0.0941. The average Bonchev–Trinajstić information content (AvgIpc) is 2.26. The number of cyclic esters (lactones) is 1. The number of nitrogens with one attached hydrogen (secondary N) is 1. The summed E-state index contributed by atoms with van der Waals surface area (Å²) in [6.45, 7) is 0.321. The van der Waals surface area contributed by atoms with E-state index in [1.807, 2.05) is 0 Å². The molecular formula is C7H11NO4S. The molecule has 0 bridgehead atoms. The first-order valence-corrected chi connectivity index (χ1v) is 5.99. The number of carbonyl (C=O) groups is 1. The minimum Gasteiger partial charge on any atom is -0.449 e. The van der Waals surface area contributed by atoms with E-state index >= 15 is 0 Å². The number of sulfone groups is 1. The fourth-order valence-electron chi connectivity index (χ4n) is 1.87. The van der Waals surface area contributed by atoms with Gasteiger partial charge in [0.05, 0.1) is 23.7 Å². The van der Waals surface area contributed by atoms with Gasteiger partial charge in [0.15, 0.2) is 9.84 Å². The van der Waals surface area contributed by atoms with Gasteiger partial charge in [-0.05, 0) is 6.42 Å². The molecule has 2 aliphatic rings. The molecule has 0 aliphatic carbocycles. The van der Waals surface area contributed by atoms with Crippen molar-refractivity contribution in [2.24, 2.45) is 0 Å². The van der Waals surface area contributed by atoms with Crippen molar-refractivity contribution in [3.63, 3.8) is 0 Å². The Hall–Kier alpha value is -0.780. The van der Waals surface area contributed by atoms with Crippen LogP contribution in [0, 0.1) is 0 Å². The second kappa shape index (κ2) is 2.60. The lowest BCUT2D eigenvalue weighted by Gasteiger charge is -2.32. The largest absolute Gasteiger partial charge is 0.449 e. The van der Waals surface area contributed by atoms with Gasteiger partial charge >= 0.3 is 6.09 Å². The van der Waals surface area contributed by atoms with Crippen LogP contribution in [-0.2, 0) is 14.6 Å². The van der Waals surface area contributed by atoms with Crippen molar-refractivity contribution >= 4 is 15.9 Å². The van der Waals surface area contributed by atoms with E-state index in [0.717, 1.165) is 0 Å². The van der Waals surface area contributed by atoms with Gasteiger partial charge in [0.1, 0.15) is 0 Å². The summed E-state index contributed by atoms with van der Waals surface area (Å²) in [5, 5.41) is 2.61. The first kappa shape index (κ1) is 8.80. The fourth-order valence-corrected chi connectivity index (χ4v) is 3.91. The molecule has 2 aliphatic heterocycles. The van der Waals surface area contributed by atoms with E-state index in [9.17, 15) is 13.2 Å². The molecule has 6 heteroatoms. The highest BCUT2D eigenvalue weighted by molar-refractivity contribution is 7.91. The predicted octanol–water partition coefficient (Wildman–Crippen LogP) is -0.326. The van der Waals surface area contributed by atoms with Gasteiger partial charge in [-0.25, -0.2) is 13.2 Å². The molecule has 0 aromatic heterocycles. The Morgan fingerprint density at radius 3 is 2.69 bits per heavy atom. The summed E-state index contributed by atoms with van der Waals surface area (Å²) in [4.78, 5) is 10.9. The maximum absolute atomic E-state index is 11.2. The summed E-state index contributed by atoms with van der Waals surface area (Å²) in [6, 6.07) is 0. The predicted molar refractivity (Wildman–Crippen MR) is 45.1 cm³/mol. The number of hydrogen-bond donors (Lipinski definition) is 1. The highest BCUT2D eigenvalue weighted by atomic mass is 32.2. The second-order valence-electron chi connectivity index (χ2n) is 3.63. The van der Waals surface area contributed by atoms with E-state index in [0.29, 0.717) is 19.4 Å². The SMILES string of the molecule is O=C1NC2(CCO1)CCS(=O)(=O)C2. The van der Waals surface area contributed by atoms with E-state index in [1.165, 1.54) is 0 Å². The van der Waals surface area contributed by atoms with Gasteiger partial charge in [-0.1, -0.05) is 0 Å². The number of hydrogen-bond acceptors (Lipinski definition) is 4. The van der Waals surface area contributed by atoms with Crippen LogP contribution in [0.4, 0.5) is 4.79 Å². The number of alkyl carbamates (subject to hydrolysis) is 1. The van der Waals surface area contributed by atoms with Gasteiger partial charge in [-0.2, -0.15) is 0 Å². The number of rotatable bonds is 0. The van der Waals surface area contributed by atoms with Gasteiger partial charge in [0.25, 0.3) is 0 Å². The Bertz CT molecular complexity index is 336. The van der Waals surface area contributed by atoms with E-state index in [-0.39, 0.29) is 11.5 Å². The number of amides is 1. The molecule has 13 heavy (non-hydrogen) atoms. The standard InChI is InChI=1S/C7H11NO4S/c9-6-8-7(1-3-12-6)2-4-13(10,11)5-7/h1-5H2,(H,8,9). The van der Waals surface area contributed by atoms with Gasteiger partial charge in [-0.3, -0.25) is 0 Å². The van der Waals surface area contributed by atoms with Crippen LogP contribution in [0.5, 0.6) is 0 Å². The first-order valence-electron chi connectivity index (χ1n) is 4.17. The third kappa shape index (κ3) is 1.63. The van der Waals surface area contributed by atoms with E-state index < -0.39 is 21.5 Å². The summed E-state index contributed by atoms with van der Waals surface area (Å²) in [5.41, 5.74) is -0.534. The van der Waals surface area contributed by atoms with E-state index in [1.54, 1.807) is 0 Å². The van der Waals surface area contributed by atoms with Gasteiger partial charge in [-0.15, -0.1) is 0 Å². The number of ether oxygens (including phenoxy) is 1. The van der Waals surface area contributed by atoms with E-state index in [4.69, 9.17) is 0 Å². The third-order valence-electron chi connectivity index (χ3n) is 2.57. The normalized spacial score (nSPS) is 37.1. The molecule has 0 aromatic rings. The Kier molecular flexibility index (Phi) is 1.76. The van der Waals surface area contributed by atoms with Crippen molar-refractivity contribution in [2.75, 3.05) is 18.1 Å². The number of carbonyl (C=O) groups excluding carboxylic acids is 1. The maximum atomic E-state index is 11.2. The highest BCUT2D eigenvalue weighted by Crippen LogP contribution is 2.28. The molecule has 0 saturated carbocycles. The Balaban J connectivity index is 2.18. The molecule has 1 amide bonds. The van der Waals surface area contributed by atoms with Crippen LogP contribution < -0.4 is 5.32 Å². The summed E-state index contributed by atoms with van der Waals surface area (Å²) >= 11 is 0. The lowest BCUT2D eigenvalue weighted by Crippen LogP contribution is -2.54. The summed E-state index contributed by atoms with van der Waals surface area (Å²) < 4.78 is 27.1.